The van der Waals surface area contributed by atoms with Crippen LogP contribution in [0.5, 0.6) is 0 Å². The summed E-state index contributed by atoms with van der Waals surface area (Å²) in [7, 11) is 0. The molecule has 0 aromatic rings. The van der Waals surface area contributed by atoms with Crippen LogP contribution in [0.3, 0.4) is 0 Å². The molecule has 4 nitrogen and oxygen atoms in total. The van der Waals surface area contributed by atoms with Gasteiger partial charge >= 0.3 is 69.5 Å². The fraction of sp³-hybridized carbons (Fsp3) is 0.889. The first-order valence-corrected chi connectivity index (χ1v) is 13.1. The molecular formula is C18H36O4Sn. The molecule has 0 radical (unpaired) electrons. The fourth-order valence-electron chi connectivity index (χ4n) is 1.37. The third-order valence-corrected chi connectivity index (χ3v) is 6.92. The van der Waals surface area contributed by atoms with E-state index in [2.05, 4.69) is 13.8 Å². The van der Waals surface area contributed by atoms with Crippen LogP contribution in [0, 0.1) is 0 Å². The van der Waals surface area contributed by atoms with E-state index in [4.69, 9.17) is 0 Å². The molecule has 0 atom stereocenters. The van der Waals surface area contributed by atoms with E-state index in [-0.39, 0.29) is 34.0 Å². The van der Waals surface area contributed by atoms with E-state index in [9.17, 15) is 19.8 Å². The van der Waals surface area contributed by atoms with E-state index in [0.29, 0.717) is 0 Å². The van der Waals surface area contributed by atoms with Crippen LogP contribution >= 0.6 is 0 Å². The van der Waals surface area contributed by atoms with Gasteiger partial charge in [0, 0.05) is 11.9 Å². The molecule has 0 aromatic carbocycles. The molecule has 0 N–H and O–H groups in total. The predicted molar refractivity (Wildman–Crippen MR) is 94.2 cm³/mol. The summed E-state index contributed by atoms with van der Waals surface area (Å²) in [5.41, 5.74) is 0. The van der Waals surface area contributed by atoms with Crippen molar-refractivity contribution in [2.75, 3.05) is 0 Å². The SMILES string of the molecule is CCCCC(=O)[O-].CCCCC(=O)[O-].CCC[CH2][Sn+2][CH2]CCC. The molecule has 0 unspecified atom stereocenters. The Morgan fingerprint density at radius 3 is 1.13 bits per heavy atom. The molecular weight excluding hydrogens is 399 g/mol. The Kier molecular flexibility index (Phi) is 31.9. The van der Waals surface area contributed by atoms with Gasteiger partial charge in [-0.3, -0.25) is 0 Å². The van der Waals surface area contributed by atoms with E-state index < -0.39 is 11.9 Å². The summed E-state index contributed by atoms with van der Waals surface area (Å²) in [6.45, 7) is 8.48. The second-order valence-corrected chi connectivity index (χ2v) is 9.69. The van der Waals surface area contributed by atoms with Crippen LogP contribution in [0.15, 0.2) is 0 Å². The maximum atomic E-state index is 9.65. The molecule has 136 valence electrons. The summed E-state index contributed by atoms with van der Waals surface area (Å²) in [5, 5.41) is 19.3. The minimum absolute atomic E-state index is 0.149. The molecule has 0 heterocycles. The van der Waals surface area contributed by atoms with Crippen molar-refractivity contribution < 1.29 is 19.8 Å². The summed E-state index contributed by atoms with van der Waals surface area (Å²) in [5.74, 6) is -1.89. The Morgan fingerprint density at radius 1 is 0.652 bits per heavy atom. The van der Waals surface area contributed by atoms with Crippen LogP contribution in [0.25, 0.3) is 0 Å². The van der Waals surface area contributed by atoms with Gasteiger partial charge in [-0.1, -0.05) is 26.7 Å². The number of carboxylic acid groups (broad SMARTS) is 2. The van der Waals surface area contributed by atoms with Crippen molar-refractivity contribution >= 4 is 33.1 Å². The zero-order chi connectivity index (χ0) is 18.3. The first kappa shape index (κ1) is 27.6. The Bertz CT molecular complexity index is 221. The average molecular weight is 435 g/mol. The van der Waals surface area contributed by atoms with Crippen LogP contribution in [-0.2, 0) is 9.59 Å². The molecule has 5 heteroatoms. The minimum atomic E-state index is -0.943. The molecule has 0 spiro atoms. The van der Waals surface area contributed by atoms with E-state index in [1.807, 2.05) is 13.8 Å². The Hall–Kier alpha value is -0.261. The molecule has 0 rings (SSSR count). The van der Waals surface area contributed by atoms with Gasteiger partial charge < -0.3 is 19.8 Å². The summed E-state index contributed by atoms with van der Waals surface area (Å²) < 4.78 is 3.25. The topological polar surface area (TPSA) is 80.3 Å². The molecule has 0 aliphatic rings. The second-order valence-electron chi connectivity index (χ2n) is 5.41. The molecule has 0 saturated carbocycles. The van der Waals surface area contributed by atoms with Gasteiger partial charge in [-0.15, -0.1) is 0 Å². The summed E-state index contributed by atoms with van der Waals surface area (Å²) in [6, 6.07) is 0. The molecule has 23 heavy (non-hydrogen) atoms. The van der Waals surface area contributed by atoms with Crippen molar-refractivity contribution in [3.63, 3.8) is 0 Å². The summed E-state index contributed by atoms with van der Waals surface area (Å²) in [6.07, 6.45) is 9.57. The Balaban J connectivity index is -0.000000264. The molecule has 0 bridgehead atoms. The van der Waals surface area contributed by atoms with Gasteiger partial charge in [-0.2, -0.15) is 0 Å². The molecule has 0 aliphatic carbocycles. The zero-order valence-electron chi connectivity index (χ0n) is 15.6. The van der Waals surface area contributed by atoms with Crippen LogP contribution in [-0.4, -0.2) is 33.1 Å². The first-order chi connectivity index (χ1) is 11.0. The molecule has 0 aromatic heterocycles. The number of carboxylic acids is 2. The van der Waals surface area contributed by atoms with Crippen LogP contribution in [0.4, 0.5) is 0 Å². The van der Waals surface area contributed by atoms with Gasteiger partial charge in [-0.25, -0.2) is 0 Å². The van der Waals surface area contributed by atoms with Crippen LogP contribution in [0.1, 0.15) is 91.9 Å². The number of carbonyl (C=O) groups excluding carboxylic acids is 2. The summed E-state index contributed by atoms with van der Waals surface area (Å²) in [4.78, 5) is 19.3. The monoisotopic (exact) mass is 436 g/mol. The standard InChI is InChI=1S/2C5H10O2.2C4H9.Sn/c2*1-2-3-4-5(6)7;2*1-3-4-2;/h2*2-4H2,1H3,(H,6,7);2*1,3-4H2,2H3;/q;;;;+2/p-2. The molecule has 0 fully saturated rings. The van der Waals surface area contributed by atoms with E-state index >= 15 is 0 Å². The third kappa shape index (κ3) is 44.9. The predicted octanol–water partition coefficient (Wildman–Crippen LogP) is 2.98. The van der Waals surface area contributed by atoms with Crippen molar-refractivity contribution in [1.29, 1.82) is 0 Å². The van der Waals surface area contributed by atoms with E-state index in [1.54, 1.807) is 8.87 Å². The zero-order valence-corrected chi connectivity index (χ0v) is 18.5. The number of rotatable bonds is 12. The van der Waals surface area contributed by atoms with Gasteiger partial charge in [-0.05, 0) is 25.7 Å². The Morgan fingerprint density at radius 2 is 0.957 bits per heavy atom. The second kappa shape index (κ2) is 26.6. The quantitative estimate of drug-likeness (QED) is 0.349. The van der Waals surface area contributed by atoms with Crippen molar-refractivity contribution in [2.24, 2.45) is 0 Å². The average Bonchev–Trinajstić information content (AvgIpc) is 2.52. The number of carbonyl (C=O) groups is 2. The molecule has 0 aliphatic heterocycles. The summed E-state index contributed by atoms with van der Waals surface area (Å²) >= 11 is 0.149. The van der Waals surface area contributed by atoms with E-state index in [1.165, 1.54) is 25.7 Å². The third-order valence-electron chi connectivity index (χ3n) is 2.88. The number of hydrogen-bond acceptors (Lipinski definition) is 4. The van der Waals surface area contributed by atoms with Crippen molar-refractivity contribution in [3.8, 4) is 0 Å². The van der Waals surface area contributed by atoms with Crippen molar-refractivity contribution in [2.45, 2.75) is 101 Å². The van der Waals surface area contributed by atoms with Gasteiger partial charge in [0.15, 0.2) is 0 Å². The van der Waals surface area contributed by atoms with Crippen molar-refractivity contribution in [1.82, 2.24) is 0 Å². The molecule has 0 saturated heterocycles. The fourth-order valence-corrected chi connectivity index (χ4v) is 5.53. The van der Waals surface area contributed by atoms with E-state index in [0.717, 1.165) is 25.7 Å². The molecule has 0 amide bonds. The number of unbranched alkanes of at least 4 members (excludes halogenated alkanes) is 4. The van der Waals surface area contributed by atoms with Gasteiger partial charge in [0.1, 0.15) is 0 Å². The first-order valence-electron chi connectivity index (χ1n) is 9.06. The normalized spacial score (nSPS) is 8.87. The number of hydrogen-bond donors (Lipinski definition) is 0. The van der Waals surface area contributed by atoms with Crippen molar-refractivity contribution in [3.05, 3.63) is 0 Å². The van der Waals surface area contributed by atoms with Gasteiger partial charge in [0.25, 0.3) is 0 Å². The maximum absolute atomic E-state index is 9.65. The van der Waals surface area contributed by atoms with Gasteiger partial charge in [0.05, 0.1) is 0 Å². The van der Waals surface area contributed by atoms with Crippen LogP contribution in [0.2, 0.25) is 8.87 Å². The Labute approximate surface area is 153 Å². The van der Waals surface area contributed by atoms with Gasteiger partial charge in [0.2, 0.25) is 0 Å². The van der Waals surface area contributed by atoms with Crippen LogP contribution < -0.4 is 10.2 Å². The number of aliphatic carboxylic acids is 2.